The van der Waals surface area contributed by atoms with Gasteiger partial charge in [-0.3, -0.25) is 19.4 Å². The van der Waals surface area contributed by atoms with Crippen LogP contribution >= 0.6 is 0 Å². The quantitative estimate of drug-likeness (QED) is 0.240. The predicted octanol–water partition coefficient (Wildman–Crippen LogP) is 0.952. The van der Waals surface area contributed by atoms with Crippen molar-refractivity contribution in [3.63, 3.8) is 0 Å². The summed E-state index contributed by atoms with van der Waals surface area (Å²) in [6.45, 7) is 5.10. The van der Waals surface area contributed by atoms with Crippen molar-refractivity contribution in [3.05, 3.63) is 74.1 Å². The molecule has 0 fully saturated rings. The van der Waals surface area contributed by atoms with Crippen molar-refractivity contribution >= 4 is 38.8 Å². The lowest BCUT2D eigenvalue weighted by molar-refractivity contribution is -0.138. The molecule has 42 heavy (non-hydrogen) atoms. The summed E-state index contributed by atoms with van der Waals surface area (Å²) < 4.78 is 59.6. The molecule has 224 valence electrons. The minimum atomic E-state index is -4.31. The number of aryl methyl sites for hydroxylation is 4. The molecule has 2 aromatic carbocycles. The predicted molar refractivity (Wildman–Crippen MR) is 151 cm³/mol. The number of pyridine rings is 1. The normalized spacial score (nSPS) is 13.9. The van der Waals surface area contributed by atoms with E-state index >= 15 is 4.39 Å². The number of aromatic nitrogens is 1. The molecule has 0 saturated heterocycles. The van der Waals surface area contributed by atoms with Gasteiger partial charge in [0, 0.05) is 38.4 Å². The lowest BCUT2D eigenvalue weighted by Gasteiger charge is -2.18. The molecule has 0 bridgehead atoms. The fraction of sp³-hybridized carbons (Fsp3) is 0.333. The highest BCUT2D eigenvalue weighted by molar-refractivity contribution is 7.89. The number of aliphatic imine (C=N–C) groups is 1. The maximum Gasteiger partial charge on any atom is 0.323 e. The Kier molecular flexibility index (Phi) is 8.63. The van der Waals surface area contributed by atoms with Gasteiger partial charge in [0.05, 0.1) is 22.3 Å². The highest BCUT2D eigenvalue weighted by Gasteiger charge is 2.29. The Morgan fingerprint density at radius 3 is 2.43 bits per heavy atom. The smallest absolute Gasteiger partial charge is 0.323 e. The van der Waals surface area contributed by atoms with E-state index in [-0.39, 0.29) is 22.5 Å². The molecule has 1 atom stereocenters. The van der Waals surface area contributed by atoms with Crippen LogP contribution in [0.5, 0.6) is 0 Å². The van der Waals surface area contributed by atoms with Crippen LogP contribution in [-0.4, -0.2) is 61.6 Å². The summed E-state index contributed by atoms with van der Waals surface area (Å²) in [5, 5.41) is 17.2. The zero-order chi connectivity index (χ0) is 30.9. The minimum Gasteiger partial charge on any atom is -0.480 e. The standard InChI is InChI=1S/C27H30F2N6O6S/c1-13-7-14(2)24(15(3)8-13)42(40,41)34-20(26(38)39)11-32-25(37)18-12-35(4)22-16(23(18)36)9-19(28)17(21(22)29)10-33-27-30-5-6-31-27/h7-9,12,20,34H,5-6,10-11H2,1-4H3,(H,32,37)(H,38,39)(H2,30,31,33). The number of nitrogens with one attached hydrogen (secondary N) is 4. The Bertz CT molecular complexity index is 1780. The second-order valence-corrected chi connectivity index (χ2v) is 11.6. The summed E-state index contributed by atoms with van der Waals surface area (Å²) in [6, 6.07) is 2.33. The number of carboxylic acids is 1. The van der Waals surface area contributed by atoms with Gasteiger partial charge in [-0.2, -0.15) is 4.72 Å². The zero-order valence-corrected chi connectivity index (χ0v) is 24.1. The van der Waals surface area contributed by atoms with Crippen molar-refractivity contribution in [1.82, 2.24) is 25.2 Å². The van der Waals surface area contributed by atoms with Gasteiger partial charge in [-0.1, -0.05) is 17.7 Å². The average molecular weight is 605 g/mol. The summed E-state index contributed by atoms with van der Waals surface area (Å²) in [7, 11) is -2.95. The molecular weight excluding hydrogens is 574 g/mol. The molecule has 1 aromatic heterocycles. The molecule has 0 aliphatic carbocycles. The van der Waals surface area contributed by atoms with Crippen molar-refractivity contribution in [1.29, 1.82) is 0 Å². The van der Waals surface area contributed by atoms with Crippen LogP contribution in [0.3, 0.4) is 0 Å². The monoisotopic (exact) mass is 604 g/mol. The third-order valence-corrected chi connectivity index (χ3v) is 8.52. The number of carbonyl (C=O) groups is 2. The number of guanidine groups is 1. The fourth-order valence-corrected chi connectivity index (χ4v) is 6.59. The fourth-order valence-electron chi connectivity index (χ4n) is 4.95. The van der Waals surface area contributed by atoms with Gasteiger partial charge >= 0.3 is 5.97 Å². The Balaban J connectivity index is 1.57. The van der Waals surface area contributed by atoms with Gasteiger partial charge in [-0.15, -0.1) is 0 Å². The first-order chi connectivity index (χ1) is 19.7. The van der Waals surface area contributed by atoms with E-state index in [1.54, 1.807) is 32.9 Å². The largest absolute Gasteiger partial charge is 0.480 e. The Morgan fingerprint density at radius 1 is 1.17 bits per heavy atom. The molecule has 0 saturated carbocycles. The number of rotatable bonds is 9. The van der Waals surface area contributed by atoms with E-state index in [1.165, 1.54) is 7.05 Å². The van der Waals surface area contributed by atoms with Crippen molar-refractivity contribution in [3.8, 4) is 0 Å². The Morgan fingerprint density at radius 2 is 1.83 bits per heavy atom. The number of amides is 1. The second kappa shape index (κ2) is 11.9. The number of sulfonamides is 1. The van der Waals surface area contributed by atoms with E-state index in [9.17, 15) is 32.3 Å². The maximum absolute atomic E-state index is 15.4. The van der Waals surface area contributed by atoms with Gasteiger partial charge in [0.1, 0.15) is 17.4 Å². The number of fused-ring (bicyclic) bond motifs is 1. The lowest BCUT2D eigenvalue weighted by atomic mass is 10.1. The van der Waals surface area contributed by atoms with E-state index in [4.69, 9.17) is 0 Å². The second-order valence-electron chi connectivity index (χ2n) is 9.99. The first kappa shape index (κ1) is 30.6. The summed E-state index contributed by atoms with van der Waals surface area (Å²) in [5.74, 6) is -4.24. The van der Waals surface area contributed by atoms with Crippen LogP contribution in [0.2, 0.25) is 0 Å². The van der Waals surface area contributed by atoms with Crippen LogP contribution in [0.15, 0.2) is 39.1 Å². The lowest BCUT2D eigenvalue weighted by Crippen LogP contribution is -2.49. The molecule has 0 radical (unpaired) electrons. The topological polar surface area (TPSA) is 171 Å². The molecule has 2 heterocycles. The van der Waals surface area contributed by atoms with Crippen LogP contribution in [0.1, 0.15) is 32.6 Å². The molecule has 12 nitrogen and oxygen atoms in total. The van der Waals surface area contributed by atoms with Crippen molar-refractivity contribution in [2.45, 2.75) is 38.3 Å². The van der Waals surface area contributed by atoms with Crippen LogP contribution < -0.4 is 26.1 Å². The summed E-state index contributed by atoms with van der Waals surface area (Å²) in [5.41, 5.74) is -0.426. The van der Waals surface area contributed by atoms with E-state index in [0.29, 0.717) is 30.2 Å². The molecule has 1 unspecified atom stereocenters. The van der Waals surface area contributed by atoms with Gasteiger partial charge in [-0.25, -0.2) is 17.2 Å². The van der Waals surface area contributed by atoms with E-state index in [1.807, 2.05) is 0 Å². The van der Waals surface area contributed by atoms with Gasteiger partial charge in [0.25, 0.3) is 5.91 Å². The number of hydrogen-bond acceptors (Lipinski definition) is 8. The Labute approximate surface area is 239 Å². The molecule has 4 rings (SSSR count). The van der Waals surface area contributed by atoms with Gasteiger partial charge < -0.3 is 25.6 Å². The number of halogens is 2. The number of carboxylic acid groups (broad SMARTS) is 1. The first-order valence-corrected chi connectivity index (χ1v) is 14.3. The highest BCUT2D eigenvalue weighted by Crippen LogP contribution is 2.23. The number of nitrogens with zero attached hydrogens (tertiary/aromatic N) is 2. The van der Waals surface area contributed by atoms with E-state index in [0.717, 1.165) is 22.4 Å². The van der Waals surface area contributed by atoms with Crippen molar-refractivity contribution in [2.24, 2.45) is 12.0 Å². The summed E-state index contributed by atoms with van der Waals surface area (Å²) in [6.07, 6.45) is 1.04. The average Bonchev–Trinajstić information content (AvgIpc) is 3.40. The SMILES string of the molecule is Cc1cc(C)c(S(=O)(=O)NC(CNC(=O)c2cn(C)c3c(F)c(CNC4=NCCN4)c(F)cc3c2=O)C(=O)O)c(C)c1. The first-order valence-electron chi connectivity index (χ1n) is 12.8. The zero-order valence-electron chi connectivity index (χ0n) is 23.3. The molecule has 1 aliphatic heterocycles. The molecule has 15 heteroatoms. The molecular formula is C27H30F2N6O6S. The number of hydrogen-bond donors (Lipinski definition) is 5. The summed E-state index contributed by atoms with van der Waals surface area (Å²) >= 11 is 0. The summed E-state index contributed by atoms with van der Waals surface area (Å²) in [4.78, 5) is 42.0. The highest BCUT2D eigenvalue weighted by atomic mass is 32.2. The molecule has 1 amide bonds. The number of carbonyl (C=O) groups excluding carboxylic acids is 1. The van der Waals surface area contributed by atoms with Gasteiger partial charge in [0.15, 0.2) is 11.8 Å². The van der Waals surface area contributed by atoms with Crippen molar-refractivity contribution in [2.75, 3.05) is 19.6 Å². The van der Waals surface area contributed by atoms with Crippen LogP contribution in [0, 0.1) is 32.4 Å². The van der Waals surface area contributed by atoms with Crippen LogP contribution in [0.25, 0.3) is 10.9 Å². The number of aliphatic carboxylic acids is 1. The third kappa shape index (κ3) is 6.11. The van der Waals surface area contributed by atoms with E-state index in [2.05, 4.69) is 25.7 Å². The molecule has 5 N–H and O–H groups in total. The van der Waals surface area contributed by atoms with Gasteiger partial charge in [0.2, 0.25) is 15.5 Å². The number of benzene rings is 2. The minimum absolute atomic E-state index is 0.0832. The molecule has 1 aliphatic rings. The Hall–Kier alpha value is -4.37. The molecule has 3 aromatic rings. The van der Waals surface area contributed by atoms with Crippen molar-refractivity contribution < 1.29 is 31.9 Å². The van der Waals surface area contributed by atoms with Crippen LogP contribution in [0.4, 0.5) is 8.78 Å². The van der Waals surface area contributed by atoms with Crippen LogP contribution in [-0.2, 0) is 28.4 Å². The van der Waals surface area contributed by atoms with E-state index < -0.39 is 62.5 Å². The maximum atomic E-state index is 15.4. The van der Waals surface area contributed by atoms with Gasteiger partial charge in [-0.05, 0) is 38.0 Å². The third-order valence-electron chi connectivity index (χ3n) is 6.74. The molecule has 0 spiro atoms.